The first-order valence-corrected chi connectivity index (χ1v) is 10.2. The maximum atomic E-state index is 12.4. The van der Waals surface area contributed by atoms with E-state index in [9.17, 15) is 4.79 Å². The zero-order chi connectivity index (χ0) is 19.9. The van der Waals surface area contributed by atoms with Crippen molar-refractivity contribution in [1.29, 1.82) is 0 Å². The number of carbonyl (C=O) groups excluding carboxylic acids is 1. The van der Waals surface area contributed by atoms with Gasteiger partial charge in [0.1, 0.15) is 0 Å². The Balaban J connectivity index is 1.57. The van der Waals surface area contributed by atoms with Crippen LogP contribution in [0, 0.1) is 0 Å². The molecule has 3 rings (SSSR count). The molecule has 0 spiro atoms. The van der Waals surface area contributed by atoms with Crippen LogP contribution >= 0.6 is 11.8 Å². The Labute approximate surface area is 169 Å². The van der Waals surface area contributed by atoms with Gasteiger partial charge in [-0.2, -0.15) is 0 Å². The molecule has 1 N–H and O–H groups in total. The first kappa shape index (κ1) is 20.2. The fourth-order valence-corrected chi connectivity index (χ4v) is 3.77. The Morgan fingerprint density at radius 3 is 2.64 bits per heavy atom. The number of nitrogens with one attached hydrogen (secondary N) is 1. The molecule has 2 aromatic heterocycles. The third-order valence-corrected chi connectivity index (χ3v) is 5.37. The third kappa shape index (κ3) is 4.82. The molecule has 0 saturated carbocycles. The smallest absolute Gasteiger partial charge is 0.230 e. The first-order valence-electron chi connectivity index (χ1n) is 9.18. The molecule has 0 saturated heterocycles. The summed E-state index contributed by atoms with van der Waals surface area (Å²) in [5.74, 6) is 1.60. The molecule has 0 aliphatic rings. The van der Waals surface area contributed by atoms with Crippen molar-refractivity contribution in [3.8, 4) is 11.6 Å². The summed E-state index contributed by atoms with van der Waals surface area (Å²) in [5, 5.41) is 12.2. The minimum atomic E-state index is -0.0296. The molecule has 0 bridgehead atoms. The van der Waals surface area contributed by atoms with E-state index in [1.807, 2.05) is 55.9 Å². The van der Waals surface area contributed by atoms with Crippen LogP contribution in [0.5, 0.6) is 0 Å². The molecule has 0 aliphatic carbocycles. The van der Waals surface area contributed by atoms with Crippen LogP contribution in [0.25, 0.3) is 11.6 Å². The number of nitrogens with zero attached hydrogens (tertiary/aromatic N) is 4. The van der Waals surface area contributed by atoms with Gasteiger partial charge in [-0.25, -0.2) is 0 Å². The van der Waals surface area contributed by atoms with Crippen molar-refractivity contribution in [1.82, 2.24) is 25.0 Å². The SMILES string of the molecule is CCn1c(SCC(=O)NCC(c2ccccc2)N(C)C)nnc1-c1ccco1. The number of carbonyl (C=O) groups is 1. The average molecular weight is 400 g/mol. The van der Waals surface area contributed by atoms with Gasteiger partial charge in [0, 0.05) is 13.1 Å². The molecule has 8 heteroatoms. The Bertz CT molecular complexity index is 877. The van der Waals surface area contributed by atoms with Crippen LogP contribution in [0.4, 0.5) is 0 Å². The lowest BCUT2D eigenvalue weighted by Crippen LogP contribution is -2.35. The second-order valence-electron chi connectivity index (χ2n) is 6.51. The van der Waals surface area contributed by atoms with E-state index in [-0.39, 0.29) is 17.7 Å². The number of benzene rings is 1. The molecule has 0 fully saturated rings. The Morgan fingerprint density at radius 2 is 2.00 bits per heavy atom. The number of likely N-dealkylation sites (N-methyl/N-ethyl adjacent to an activating group) is 1. The first-order chi connectivity index (χ1) is 13.6. The Kier molecular flexibility index (Phi) is 6.89. The molecule has 148 valence electrons. The lowest BCUT2D eigenvalue weighted by Gasteiger charge is -2.25. The lowest BCUT2D eigenvalue weighted by atomic mass is 10.1. The highest BCUT2D eigenvalue weighted by Crippen LogP contribution is 2.24. The molecule has 0 aliphatic heterocycles. The predicted octanol–water partition coefficient (Wildman–Crippen LogP) is 3.07. The van der Waals surface area contributed by atoms with Crippen LogP contribution < -0.4 is 5.32 Å². The van der Waals surface area contributed by atoms with Crippen molar-refractivity contribution in [3.05, 3.63) is 54.3 Å². The minimum absolute atomic E-state index is 0.0296. The largest absolute Gasteiger partial charge is 0.461 e. The van der Waals surface area contributed by atoms with E-state index in [2.05, 4.69) is 32.5 Å². The van der Waals surface area contributed by atoms with Gasteiger partial charge in [-0.3, -0.25) is 9.36 Å². The van der Waals surface area contributed by atoms with Gasteiger partial charge in [-0.05, 0) is 38.7 Å². The summed E-state index contributed by atoms with van der Waals surface area (Å²) in [6, 6.07) is 14.0. The van der Waals surface area contributed by atoms with Crippen molar-refractivity contribution in [2.75, 3.05) is 26.4 Å². The molecule has 3 aromatic rings. The van der Waals surface area contributed by atoms with Gasteiger partial charge in [-0.15, -0.1) is 10.2 Å². The van der Waals surface area contributed by atoms with E-state index in [1.165, 1.54) is 17.3 Å². The van der Waals surface area contributed by atoms with Crippen molar-refractivity contribution in [2.24, 2.45) is 0 Å². The monoisotopic (exact) mass is 399 g/mol. The number of thioether (sulfide) groups is 1. The quantitative estimate of drug-likeness (QED) is 0.557. The molecule has 0 radical (unpaired) electrons. The van der Waals surface area contributed by atoms with Gasteiger partial charge in [0.25, 0.3) is 0 Å². The number of furan rings is 1. The molecule has 7 nitrogen and oxygen atoms in total. The molecular weight excluding hydrogens is 374 g/mol. The molecule has 1 amide bonds. The van der Waals surface area contributed by atoms with Crippen LogP contribution in [0.15, 0.2) is 58.3 Å². The zero-order valence-electron chi connectivity index (χ0n) is 16.3. The second kappa shape index (κ2) is 9.57. The van der Waals surface area contributed by atoms with E-state index in [4.69, 9.17) is 4.42 Å². The van der Waals surface area contributed by atoms with Crippen LogP contribution in [-0.2, 0) is 11.3 Å². The summed E-state index contributed by atoms with van der Waals surface area (Å²) in [6.45, 7) is 3.26. The number of hydrogen-bond donors (Lipinski definition) is 1. The molecular formula is C20H25N5O2S. The van der Waals surface area contributed by atoms with Crippen molar-refractivity contribution < 1.29 is 9.21 Å². The summed E-state index contributed by atoms with van der Waals surface area (Å²) in [7, 11) is 4.02. The molecule has 1 aromatic carbocycles. The normalized spacial score (nSPS) is 12.3. The van der Waals surface area contributed by atoms with Crippen molar-refractivity contribution >= 4 is 17.7 Å². The van der Waals surface area contributed by atoms with Gasteiger partial charge in [-0.1, -0.05) is 42.1 Å². The van der Waals surface area contributed by atoms with Crippen LogP contribution in [0.1, 0.15) is 18.5 Å². The topological polar surface area (TPSA) is 76.2 Å². The van der Waals surface area contributed by atoms with Crippen LogP contribution in [-0.4, -0.2) is 52.0 Å². The lowest BCUT2D eigenvalue weighted by molar-refractivity contribution is -0.118. The van der Waals surface area contributed by atoms with Crippen LogP contribution in [0.2, 0.25) is 0 Å². The predicted molar refractivity (Wildman–Crippen MR) is 110 cm³/mol. The third-order valence-electron chi connectivity index (χ3n) is 4.41. The van der Waals surface area contributed by atoms with Crippen molar-refractivity contribution in [3.63, 3.8) is 0 Å². The maximum Gasteiger partial charge on any atom is 0.230 e. The fraction of sp³-hybridized carbons (Fsp3) is 0.350. The maximum absolute atomic E-state index is 12.4. The summed E-state index contributed by atoms with van der Waals surface area (Å²) in [6.07, 6.45) is 1.61. The van der Waals surface area contributed by atoms with E-state index in [0.717, 1.165) is 0 Å². The number of amides is 1. The van der Waals surface area contributed by atoms with E-state index >= 15 is 0 Å². The van der Waals surface area contributed by atoms with E-state index in [1.54, 1.807) is 6.26 Å². The van der Waals surface area contributed by atoms with Gasteiger partial charge < -0.3 is 14.6 Å². The zero-order valence-corrected chi connectivity index (χ0v) is 17.1. The Hall–Kier alpha value is -2.58. The molecule has 28 heavy (non-hydrogen) atoms. The highest BCUT2D eigenvalue weighted by molar-refractivity contribution is 7.99. The summed E-state index contributed by atoms with van der Waals surface area (Å²) in [5.41, 5.74) is 1.18. The summed E-state index contributed by atoms with van der Waals surface area (Å²) < 4.78 is 7.36. The van der Waals surface area contributed by atoms with Gasteiger partial charge in [0.2, 0.25) is 5.91 Å². The summed E-state index contributed by atoms with van der Waals surface area (Å²) in [4.78, 5) is 14.5. The minimum Gasteiger partial charge on any atom is -0.461 e. The Morgan fingerprint density at radius 1 is 1.21 bits per heavy atom. The highest BCUT2D eigenvalue weighted by Gasteiger charge is 2.18. The second-order valence-corrected chi connectivity index (χ2v) is 7.45. The number of aromatic nitrogens is 3. The van der Waals surface area contributed by atoms with Gasteiger partial charge in [0.15, 0.2) is 16.7 Å². The fourth-order valence-electron chi connectivity index (χ4n) is 2.93. The number of hydrogen-bond acceptors (Lipinski definition) is 6. The highest BCUT2D eigenvalue weighted by atomic mass is 32.2. The molecule has 1 unspecified atom stereocenters. The molecule has 1 atom stereocenters. The van der Waals surface area contributed by atoms with Gasteiger partial charge >= 0.3 is 0 Å². The average Bonchev–Trinajstić information content (AvgIpc) is 3.36. The summed E-state index contributed by atoms with van der Waals surface area (Å²) >= 11 is 1.38. The van der Waals surface area contributed by atoms with E-state index in [0.29, 0.717) is 29.8 Å². The molecule has 2 heterocycles. The van der Waals surface area contributed by atoms with Crippen molar-refractivity contribution in [2.45, 2.75) is 24.7 Å². The van der Waals surface area contributed by atoms with E-state index < -0.39 is 0 Å². The standard InChI is InChI=1S/C20H25N5O2S/c1-4-25-19(17-11-8-12-27-17)22-23-20(25)28-14-18(26)21-13-16(24(2)3)15-9-6-5-7-10-15/h5-12,16H,4,13-14H2,1-3H3,(H,21,26). The number of rotatable bonds is 9. The van der Waals surface area contributed by atoms with Gasteiger partial charge in [0.05, 0.1) is 18.1 Å². The van der Waals surface area contributed by atoms with Crippen LogP contribution in [0.3, 0.4) is 0 Å².